The first-order valence-corrected chi connectivity index (χ1v) is 11.0. The summed E-state index contributed by atoms with van der Waals surface area (Å²) in [7, 11) is 0. The first-order valence-electron chi connectivity index (χ1n) is 11.0. The molecule has 1 aromatic carbocycles. The predicted molar refractivity (Wildman–Crippen MR) is 117 cm³/mol. The van der Waals surface area contributed by atoms with Crippen LogP contribution < -0.4 is 10.1 Å². The fourth-order valence-corrected chi connectivity index (χ4v) is 3.15. The molecule has 1 aromatic rings. The molecule has 4 nitrogen and oxygen atoms in total. The lowest BCUT2D eigenvalue weighted by atomic mass is 10.0. The highest BCUT2D eigenvalue weighted by Crippen LogP contribution is 2.17. The molecule has 28 heavy (non-hydrogen) atoms. The molecule has 0 aliphatic heterocycles. The van der Waals surface area contributed by atoms with Crippen molar-refractivity contribution in [2.24, 2.45) is 0 Å². The van der Waals surface area contributed by atoms with Gasteiger partial charge in [0.1, 0.15) is 18.5 Å². The van der Waals surface area contributed by atoms with E-state index in [1.54, 1.807) is 0 Å². The molecule has 0 aliphatic carbocycles. The molecule has 4 heteroatoms. The fraction of sp³-hybridized carbons (Fsp3) is 0.625. The Balaban J connectivity index is 2.12. The topological polar surface area (TPSA) is 58.6 Å². The van der Waals surface area contributed by atoms with E-state index in [0.717, 1.165) is 12.2 Å². The summed E-state index contributed by atoms with van der Waals surface area (Å²) in [5.41, 5.74) is 1.27. The van der Waals surface area contributed by atoms with Gasteiger partial charge in [-0.05, 0) is 36.6 Å². The first kappa shape index (κ1) is 24.2. The van der Waals surface area contributed by atoms with Gasteiger partial charge < -0.3 is 15.2 Å². The lowest BCUT2D eigenvalue weighted by Gasteiger charge is -2.13. The second-order valence-electron chi connectivity index (χ2n) is 7.49. The summed E-state index contributed by atoms with van der Waals surface area (Å²) >= 11 is 0. The van der Waals surface area contributed by atoms with Gasteiger partial charge in [0.25, 0.3) is 0 Å². The maximum atomic E-state index is 11.1. The minimum atomic E-state index is -0.741. The summed E-state index contributed by atoms with van der Waals surface area (Å²) in [5, 5.41) is 12.4. The third-order valence-electron chi connectivity index (χ3n) is 4.86. The first-order chi connectivity index (χ1) is 13.7. The lowest BCUT2D eigenvalue weighted by Crippen LogP contribution is -2.34. The highest BCUT2D eigenvalue weighted by atomic mass is 16.5. The van der Waals surface area contributed by atoms with Crippen LogP contribution in [0.2, 0.25) is 0 Å². The van der Waals surface area contributed by atoms with Gasteiger partial charge in [0.2, 0.25) is 5.91 Å². The molecule has 1 amide bonds. The normalized spacial score (nSPS) is 11.8. The van der Waals surface area contributed by atoms with E-state index in [1.165, 1.54) is 75.8 Å². The Morgan fingerprint density at radius 2 is 1.75 bits per heavy atom. The number of aliphatic hydroxyl groups excluding tert-OH is 1. The van der Waals surface area contributed by atoms with Crippen molar-refractivity contribution in [3.05, 3.63) is 42.5 Å². The van der Waals surface area contributed by atoms with Crippen LogP contribution in [0.1, 0.15) is 76.7 Å². The number of unbranched alkanes of at least 4 members (excludes halogenated alkanes) is 9. The molecular weight excluding hydrogens is 350 g/mol. The lowest BCUT2D eigenvalue weighted by molar-refractivity contribution is -0.117. The number of aryl methyl sites for hydroxylation is 1. The van der Waals surface area contributed by atoms with Gasteiger partial charge >= 0.3 is 0 Å². The standard InChI is InChI=1S/C24H39NO3/c1-3-5-6-7-8-9-10-11-12-13-15-21-16-14-17-23(18-21)28-20-22(26)19-25-24(27)4-2/h4,14,16-18,22,26H,2-3,5-13,15,19-20H2,1H3,(H,25,27). The minimum absolute atomic E-state index is 0.152. The molecule has 1 atom stereocenters. The molecule has 0 spiro atoms. The second-order valence-corrected chi connectivity index (χ2v) is 7.49. The molecular formula is C24H39NO3. The van der Waals surface area contributed by atoms with Crippen LogP contribution in [0.15, 0.2) is 36.9 Å². The zero-order valence-corrected chi connectivity index (χ0v) is 17.6. The van der Waals surface area contributed by atoms with E-state index in [9.17, 15) is 9.90 Å². The van der Waals surface area contributed by atoms with Gasteiger partial charge in [-0.2, -0.15) is 0 Å². The summed E-state index contributed by atoms with van der Waals surface area (Å²) in [4.78, 5) is 11.1. The number of amides is 1. The SMILES string of the molecule is C=CC(=O)NCC(O)COc1cccc(CCCCCCCCCCCC)c1. The monoisotopic (exact) mass is 389 g/mol. The van der Waals surface area contributed by atoms with Gasteiger partial charge in [0.05, 0.1) is 0 Å². The summed E-state index contributed by atoms with van der Waals surface area (Å²) < 4.78 is 5.65. The molecule has 0 heterocycles. The Hall–Kier alpha value is -1.81. The third-order valence-corrected chi connectivity index (χ3v) is 4.86. The Labute approximate surface area is 171 Å². The van der Waals surface area contributed by atoms with Crippen molar-refractivity contribution in [2.75, 3.05) is 13.2 Å². The van der Waals surface area contributed by atoms with Gasteiger partial charge in [-0.1, -0.05) is 83.4 Å². The smallest absolute Gasteiger partial charge is 0.243 e. The van der Waals surface area contributed by atoms with Crippen LogP contribution in [0.25, 0.3) is 0 Å². The molecule has 0 saturated heterocycles. The number of aliphatic hydroxyl groups is 1. The number of benzene rings is 1. The maximum absolute atomic E-state index is 11.1. The van der Waals surface area contributed by atoms with E-state index in [-0.39, 0.29) is 19.1 Å². The van der Waals surface area contributed by atoms with Gasteiger partial charge in [0.15, 0.2) is 0 Å². The van der Waals surface area contributed by atoms with Crippen LogP contribution in [0, 0.1) is 0 Å². The zero-order valence-electron chi connectivity index (χ0n) is 17.6. The third kappa shape index (κ3) is 12.6. The number of hydrogen-bond acceptors (Lipinski definition) is 3. The van der Waals surface area contributed by atoms with E-state index in [4.69, 9.17) is 4.74 Å². The van der Waals surface area contributed by atoms with Crippen molar-refractivity contribution in [3.8, 4) is 5.75 Å². The van der Waals surface area contributed by atoms with Crippen LogP contribution in [-0.4, -0.2) is 30.3 Å². The molecule has 0 fully saturated rings. The number of carbonyl (C=O) groups excluding carboxylic acids is 1. The van der Waals surface area contributed by atoms with Gasteiger partial charge in [-0.15, -0.1) is 0 Å². The molecule has 1 unspecified atom stereocenters. The highest BCUT2D eigenvalue weighted by Gasteiger charge is 2.07. The van der Waals surface area contributed by atoms with Crippen molar-refractivity contribution in [2.45, 2.75) is 83.7 Å². The Bertz CT molecular complexity index is 544. The number of hydrogen-bond donors (Lipinski definition) is 2. The highest BCUT2D eigenvalue weighted by molar-refractivity contribution is 5.86. The average Bonchev–Trinajstić information content (AvgIpc) is 2.72. The quantitative estimate of drug-likeness (QED) is 0.285. The van der Waals surface area contributed by atoms with Crippen LogP contribution in [0.5, 0.6) is 5.75 Å². The summed E-state index contributed by atoms with van der Waals surface area (Å²) in [6, 6.07) is 8.06. The van der Waals surface area contributed by atoms with E-state index >= 15 is 0 Å². The largest absolute Gasteiger partial charge is 0.491 e. The van der Waals surface area contributed by atoms with Crippen molar-refractivity contribution in [1.29, 1.82) is 0 Å². The van der Waals surface area contributed by atoms with E-state index in [0.29, 0.717) is 0 Å². The molecule has 0 bridgehead atoms. The van der Waals surface area contributed by atoms with Crippen LogP contribution in [-0.2, 0) is 11.2 Å². The van der Waals surface area contributed by atoms with Crippen LogP contribution in [0.4, 0.5) is 0 Å². The molecule has 158 valence electrons. The zero-order chi connectivity index (χ0) is 20.5. The van der Waals surface area contributed by atoms with E-state index in [1.807, 2.05) is 18.2 Å². The molecule has 0 saturated carbocycles. The van der Waals surface area contributed by atoms with Crippen molar-refractivity contribution < 1.29 is 14.6 Å². The fourth-order valence-electron chi connectivity index (χ4n) is 3.15. The average molecular weight is 390 g/mol. The molecule has 0 radical (unpaired) electrons. The van der Waals surface area contributed by atoms with Gasteiger partial charge in [-0.25, -0.2) is 0 Å². The number of nitrogens with one attached hydrogen (secondary N) is 1. The van der Waals surface area contributed by atoms with Crippen molar-refractivity contribution in [1.82, 2.24) is 5.32 Å². The van der Waals surface area contributed by atoms with Crippen molar-refractivity contribution in [3.63, 3.8) is 0 Å². The Kier molecular flexibility index (Phi) is 14.0. The second kappa shape index (κ2) is 16.2. The summed E-state index contributed by atoms with van der Waals surface area (Å²) in [6.07, 6.45) is 14.9. The minimum Gasteiger partial charge on any atom is -0.491 e. The summed E-state index contributed by atoms with van der Waals surface area (Å²) in [6.45, 7) is 5.94. The molecule has 0 aliphatic rings. The van der Waals surface area contributed by atoms with Gasteiger partial charge in [-0.3, -0.25) is 4.79 Å². The Morgan fingerprint density at radius 1 is 1.11 bits per heavy atom. The number of carbonyl (C=O) groups is 1. The maximum Gasteiger partial charge on any atom is 0.243 e. The van der Waals surface area contributed by atoms with E-state index in [2.05, 4.69) is 24.9 Å². The Morgan fingerprint density at radius 3 is 2.39 bits per heavy atom. The number of rotatable bonds is 17. The van der Waals surface area contributed by atoms with Crippen LogP contribution in [0.3, 0.4) is 0 Å². The predicted octanol–water partition coefficient (Wildman–Crippen LogP) is 5.19. The van der Waals surface area contributed by atoms with E-state index < -0.39 is 6.10 Å². The molecule has 1 rings (SSSR count). The van der Waals surface area contributed by atoms with Crippen LogP contribution >= 0.6 is 0 Å². The van der Waals surface area contributed by atoms with Crippen molar-refractivity contribution >= 4 is 5.91 Å². The van der Waals surface area contributed by atoms with Gasteiger partial charge in [0, 0.05) is 6.54 Å². The summed E-state index contributed by atoms with van der Waals surface area (Å²) in [5.74, 6) is 0.469. The molecule has 2 N–H and O–H groups in total. The number of ether oxygens (including phenoxy) is 1. The molecule has 0 aromatic heterocycles.